The topological polar surface area (TPSA) is 56.7 Å². The Morgan fingerprint density at radius 1 is 1.22 bits per heavy atom. The quantitative estimate of drug-likeness (QED) is 0.381. The van der Waals surface area contributed by atoms with E-state index in [2.05, 4.69) is 20.5 Å². The summed E-state index contributed by atoms with van der Waals surface area (Å²) in [7, 11) is 3.33. The average Bonchev–Trinajstić information content (AvgIpc) is 2.63. The van der Waals surface area contributed by atoms with E-state index in [-0.39, 0.29) is 29.9 Å². The van der Waals surface area contributed by atoms with Crippen LogP contribution in [0.1, 0.15) is 30.4 Å². The number of hydrogen-bond acceptors (Lipinski definition) is 2. The van der Waals surface area contributed by atoms with Gasteiger partial charge in [-0.05, 0) is 36.5 Å². The van der Waals surface area contributed by atoms with E-state index in [1.165, 1.54) is 12.1 Å². The number of aliphatic imine (C=N–C) groups is 1. The second-order valence-electron chi connectivity index (χ2n) is 6.40. The summed E-state index contributed by atoms with van der Waals surface area (Å²) in [5.74, 6) is 1.16. The van der Waals surface area contributed by atoms with Crippen molar-refractivity contribution in [3.63, 3.8) is 0 Å². The highest BCUT2D eigenvalue weighted by Crippen LogP contribution is 2.29. The van der Waals surface area contributed by atoms with Gasteiger partial charge in [0.1, 0.15) is 0 Å². The van der Waals surface area contributed by atoms with Crippen LogP contribution in [0.25, 0.3) is 0 Å². The van der Waals surface area contributed by atoms with E-state index in [4.69, 9.17) is 0 Å². The van der Waals surface area contributed by atoms with Gasteiger partial charge in [-0.2, -0.15) is 13.2 Å². The van der Waals surface area contributed by atoms with Crippen LogP contribution in [0.2, 0.25) is 0 Å². The van der Waals surface area contributed by atoms with Crippen LogP contribution >= 0.6 is 24.0 Å². The number of alkyl halides is 3. The average molecular weight is 498 g/mol. The zero-order valence-electron chi connectivity index (χ0n) is 15.5. The Morgan fingerprint density at radius 2 is 1.81 bits per heavy atom. The number of nitrogens with one attached hydrogen (secondary N) is 2. The summed E-state index contributed by atoms with van der Waals surface area (Å²) in [6.45, 7) is 2.01. The van der Waals surface area contributed by atoms with E-state index in [0.717, 1.165) is 49.6 Å². The van der Waals surface area contributed by atoms with Gasteiger partial charge in [-0.15, -0.1) is 24.0 Å². The highest BCUT2D eigenvalue weighted by Gasteiger charge is 2.30. The smallest absolute Gasteiger partial charge is 0.359 e. The molecule has 1 aliphatic rings. The monoisotopic (exact) mass is 498 g/mol. The number of carbonyl (C=O) groups excluding carboxylic acids is 1. The predicted molar refractivity (Wildman–Crippen MR) is 110 cm³/mol. The van der Waals surface area contributed by atoms with Crippen LogP contribution in [0.3, 0.4) is 0 Å². The number of guanidine groups is 1. The Hall–Kier alpha value is -1.52. The molecule has 0 aromatic heterocycles. The number of hydrogen-bond donors (Lipinski definition) is 2. The molecule has 2 N–H and O–H groups in total. The lowest BCUT2D eigenvalue weighted by Crippen LogP contribution is -2.45. The van der Waals surface area contributed by atoms with Crippen molar-refractivity contribution in [1.29, 1.82) is 0 Å². The van der Waals surface area contributed by atoms with Crippen molar-refractivity contribution in [1.82, 2.24) is 15.5 Å². The standard InChI is InChI=1S/C18H25F3N4O.HI/c1-22-16(26)11-13-7-9-25(10-8-13)17(23-2)24-12-14-3-5-15(6-4-14)18(19,20)21;/h3-6,13H,7-12H2,1-2H3,(H,22,26)(H,23,24);1H. The molecule has 1 aromatic carbocycles. The minimum absolute atomic E-state index is 0. The van der Waals surface area contributed by atoms with Gasteiger partial charge in [0.25, 0.3) is 0 Å². The summed E-state index contributed by atoms with van der Waals surface area (Å²) in [5.41, 5.74) is 0.109. The maximum atomic E-state index is 12.6. The lowest BCUT2D eigenvalue weighted by Gasteiger charge is -2.34. The van der Waals surface area contributed by atoms with Crippen molar-refractivity contribution < 1.29 is 18.0 Å². The van der Waals surface area contributed by atoms with Gasteiger partial charge < -0.3 is 15.5 Å². The van der Waals surface area contributed by atoms with Gasteiger partial charge in [0.15, 0.2) is 5.96 Å². The predicted octanol–water partition coefficient (Wildman–Crippen LogP) is 3.25. The molecule has 0 atom stereocenters. The van der Waals surface area contributed by atoms with Gasteiger partial charge in [0.05, 0.1) is 5.56 Å². The highest BCUT2D eigenvalue weighted by molar-refractivity contribution is 14.0. The van der Waals surface area contributed by atoms with E-state index in [1.54, 1.807) is 14.1 Å². The minimum atomic E-state index is -4.32. The fraction of sp³-hybridized carbons (Fsp3) is 0.556. The molecule has 0 radical (unpaired) electrons. The maximum Gasteiger partial charge on any atom is 0.416 e. The minimum Gasteiger partial charge on any atom is -0.359 e. The first kappa shape index (κ1) is 23.5. The third-order valence-corrected chi connectivity index (χ3v) is 4.61. The molecule has 1 aromatic rings. The van der Waals surface area contributed by atoms with E-state index in [1.807, 2.05) is 0 Å². The molecule has 0 unspecified atom stereocenters. The van der Waals surface area contributed by atoms with Crippen LogP contribution in [0.4, 0.5) is 13.2 Å². The molecule has 1 fully saturated rings. The first-order valence-electron chi connectivity index (χ1n) is 8.65. The molecule has 1 amide bonds. The Labute approximate surface area is 174 Å². The van der Waals surface area contributed by atoms with Crippen LogP contribution in [0.5, 0.6) is 0 Å². The zero-order valence-corrected chi connectivity index (χ0v) is 17.8. The number of rotatable bonds is 4. The molecule has 0 saturated carbocycles. The lowest BCUT2D eigenvalue weighted by atomic mass is 9.93. The normalized spacial score (nSPS) is 15.9. The molecule has 9 heteroatoms. The third-order valence-electron chi connectivity index (χ3n) is 4.61. The summed E-state index contributed by atoms with van der Waals surface area (Å²) < 4.78 is 37.8. The molecule has 0 aliphatic carbocycles. The molecule has 0 bridgehead atoms. The molecule has 2 rings (SSSR count). The molecule has 1 aliphatic heterocycles. The van der Waals surface area contributed by atoms with Crippen LogP contribution in [-0.2, 0) is 17.5 Å². The second kappa shape index (κ2) is 10.7. The Balaban J connectivity index is 0.00000364. The van der Waals surface area contributed by atoms with Gasteiger partial charge in [-0.25, -0.2) is 0 Å². The molecule has 0 spiro atoms. The van der Waals surface area contributed by atoms with Crippen LogP contribution in [-0.4, -0.2) is 44.0 Å². The van der Waals surface area contributed by atoms with Gasteiger partial charge in [0.2, 0.25) is 5.91 Å². The Bertz CT molecular complexity index is 626. The third kappa shape index (κ3) is 7.19. The summed E-state index contributed by atoms with van der Waals surface area (Å²) in [6, 6.07) is 5.12. The largest absolute Gasteiger partial charge is 0.416 e. The molecule has 1 saturated heterocycles. The van der Waals surface area contributed by atoms with Crippen LogP contribution < -0.4 is 10.6 Å². The summed E-state index contributed by atoms with van der Waals surface area (Å²) in [6.07, 6.45) is -1.95. The number of halogens is 4. The van der Waals surface area contributed by atoms with E-state index < -0.39 is 11.7 Å². The Kier molecular flexibility index (Phi) is 9.34. The van der Waals surface area contributed by atoms with Crippen molar-refractivity contribution in [2.45, 2.75) is 32.0 Å². The fourth-order valence-electron chi connectivity index (χ4n) is 3.04. The summed E-state index contributed by atoms with van der Waals surface area (Å²) in [4.78, 5) is 17.8. The van der Waals surface area contributed by atoms with Gasteiger partial charge in [0, 0.05) is 40.2 Å². The molecule has 1 heterocycles. The van der Waals surface area contributed by atoms with Gasteiger partial charge >= 0.3 is 6.18 Å². The second-order valence-corrected chi connectivity index (χ2v) is 6.40. The van der Waals surface area contributed by atoms with Crippen molar-refractivity contribution in [3.8, 4) is 0 Å². The first-order valence-corrected chi connectivity index (χ1v) is 8.65. The number of amides is 1. The van der Waals surface area contributed by atoms with Crippen LogP contribution in [0.15, 0.2) is 29.3 Å². The number of piperidine rings is 1. The van der Waals surface area contributed by atoms with Gasteiger partial charge in [-0.3, -0.25) is 9.79 Å². The molecule has 152 valence electrons. The SMILES string of the molecule is CN=C(NCc1ccc(C(F)(F)F)cc1)N1CCC(CC(=O)NC)CC1.I. The lowest BCUT2D eigenvalue weighted by molar-refractivity contribution is -0.137. The highest BCUT2D eigenvalue weighted by atomic mass is 127. The molecule has 5 nitrogen and oxygen atoms in total. The zero-order chi connectivity index (χ0) is 19.2. The van der Waals surface area contributed by atoms with Crippen LogP contribution in [0, 0.1) is 5.92 Å². The number of likely N-dealkylation sites (tertiary alicyclic amines) is 1. The maximum absolute atomic E-state index is 12.6. The number of nitrogens with zero attached hydrogens (tertiary/aromatic N) is 2. The molecule has 27 heavy (non-hydrogen) atoms. The number of carbonyl (C=O) groups is 1. The molecular weight excluding hydrogens is 472 g/mol. The van der Waals surface area contributed by atoms with Gasteiger partial charge in [-0.1, -0.05) is 12.1 Å². The van der Waals surface area contributed by atoms with E-state index in [9.17, 15) is 18.0 Å². The summed E-state index contributed by atoms with van der Waals surface area (Å²) in [5, 5.41) is 5.85. The molecular formula is C18H26F3IN4O. The summed E-state index contributed by atoms with van der Waals surface area (Å²) >= 11 is 0. The van der Waals surface area contributed by atoms with Crippen molar-refractivity contribution in [3.05, 3.63) is 35.4 Å². The van der Waals surface area contributed by atoms with Crippen molar-refractivity contribution in [2.75, 3.05) is 27.2 Å². The Morgan fingerprint density at radius 3 is 2.30 bits per heavy atom. The number of benzene rings is 1. The van der Waals surface area contributed by atoms with Crippen molar-refractivity contribution >= 4 is 35.8 Å². The van der Waals surface area contributed by atoms with Crippen molar-refractivity contribution in [2.24, 2.45) is 10.9 Å². The fourth-order valence-corrected chi connectivity index (χ4v) is 3.04. The van der Waals surface area contributed by atoms with E-state index >= 15 is 0 Å². The first-order chi connectivity index (χ1) is 12.3. The van der Waals surface area contributed by atoms with E-state index in [0.29, 0.717) is 18.9 Å².